The molecule has 0 aromatic carbocycles. The van der Waals surface area contributed by atoms with Crippen LogP contribution in [0.4, 0.5) is 5.82 Å². The van der Waals surface area contributed by atoms with Gasteiger partial charge in [0.1, 0.15) is 5.82 Å². The number of carbonyl (C=O) groups is 1. The van der Waals surface area contributed by atoms with Crippen LogP contribution in [0.3, 0.4) is 0 Å². The number of aromatic nitrogens is 1. The van der Waals surface area contributed by atoms with Crippen molar-refractivity contribution in [3.63, 3.8) is 0 Å². The first-order valence-corrected chi connectivity index (χ1v) is 6.39. The van der Waals surface area contributed by atoms with Gasteiger partial charge in [-0.2, -0.15) is 0 Å². The Labute approximate surface area is 108 Å². The van der Waals surface area contributed by atoms with Gasteiger partial charge in [-0.25, -0.2) is 9.78 Å². The molecule has 1 saturated heterocycles. The third kappa shape index (κ3) is 2.63. The van der Waals surface area contributed by atoms with Crippen LogP contribution in [-0.2, 0) is 5.41 Å². The fraction of sp³-hybridized carbons (Fsp3) is 0.571. The summed E-state index contributed by atoms with van der Waals surface area (Å²) in [5, 5.41) is 9.20. The predicted molar refractivity (Wildman–Crippen MR) is 71.3 cm³/mol. The molecule has 1 fully saturated rings. The van der Waals surface area contributed by atoms with Crippen LogP contribution in [-0.4, -0.2) is 29.1 Å². The fourth-order valence-electron chi connectivity index (χ4n) is 2.13. The van der Waals surface area contributed by atoms with Crippen molar-refractivity contribution in [2.24, 2.45) is 0 Å². The van der Waals surface area contributed by atoms with Gasteiger partial charge in [0, 0.05) is 24.2 Å². The van der Waals surface area contributed by atoms with Gasteiger partial charge in [-0.15, -0.1) is 0 Å². The summed E-state index contributed by atoms with van der Waals surface area (Å²) in [6.45, 7) is 8.09. The summed E-state index contributed by atoms with van der Waals surface area (Å²) in [5.74, 6) is -0.0827. The van der Waals surface area contributed by atoms with E-state index in [1.807, 2.05) is 0 Å². The summed E-state index contributed by atoms with van der Waals surface area (Å²) < 4.78 is 0. The Balaban J connectivity index is 2.45. The molecule has 1 aliphatic rings. The maximum atomic E-state index is 11.2. The number of aromatic carboxylic acids is 1. The number of anilines is 1. The third-order valence-electron chi connectivity index (χ3n) is 3.26. The minimum absolute atomic E-state index is 0.139. The zero-order chi connectivity index (χ0) is 13.3. The monoisotopic (exact) mass is 248 g/mol. The number of hydrogen-bond acceptors (Lipinski definition) is 3. The smallest absolute Gasteiger partial charge is 0.335 e. The molecule has 4 heteroatoms. The van der Waals surface area contributed by atoms with E-state index in [0.29, 0.717) is 5.56 Å². The number of rotatable bonds is 2. The molecule has 0 bridgehead atoms. The lowest BCUT2D eigenvalue weighted by Crippen LogP contribution is -2.23. The highest BCUT2D eigenvalue weighted by Crippen LogP contribution is 2.26. The first kappa shape index (κ1) is 12.9. The van der Waals surface area contributed by atoms with Gasteiger partial charge in [0.15, 0.2) is 0 Å². The van der Waals surface area contributed by atoms with Crippen molar-refractivity contribution >= 4 is 11.8 Å². The Hall–Kier alpha value is -1.58. The average molecular weight is 248 g/mol. The second-order valence-electron chi connectivity index (χ2n) is 5.85. The van der Waals surface area contributed by atoms with Crippen LogP contribution in [0.1, 0.15) is 49.7 Å². The number of nitrogens with zero attached hydrogens (tertiary/aromatic N) is 2. The van der Waals surface area contributed by atoms with E-state index in [1.54, 1.807) is 12.1 Å². The molecule has 0 aliphatic carbocycles. The fourth-order valence-corrected chi connectivity index (χ4v) is 2.13. The molecule has 1 aliphatic heterocycles. The Morgan fingerprint density at radius 3 is 2.39 bits per heavy atom. The van der Waals surface area contributed by atoms with Crippen LogP contribution in [0.15, 0.2) is 12.1 Å². The molecule has 98 valence electrons. The van der Waals surface area contributed by atoms with E-state index in [4.69, 9.17) is 0 Å². The normalized spacial score (nSPS) is 16.1. The van der Waals surface area contributed by atoms with Crippen molar-refractivity contribution < 1.29 is 9.90 Å². The van der Waals surface area contributed by atoms with Gasteiger partial charge in [-0.05, 0) is 25.0 Å². The standard InChI is InChI=1S/C14H20N2O2/c1-14(2,3)11-8-10(13(17)18)9-12(15-11)16-6-4-5-7-16/h8-9H,4-7H2,1-3H3,(H,17,18). The molecule has 0 radical (unpaired) electrons. The van der Waals surface area contributed by atoms with E-state index in [2.05, 4.69) is 30.7 Å². The average Bonchev–Trinajstić information content (AvgIpc) is 2.80. The van der Waals surface area contributed by atoms with Crippen LogP contribution in [0.2, 0.25) is 0 Å². The predicted octanol–water partition coefficient (Wildman–Crippen LogP) is 2.68. The van der Waals surface area contributed by atoms with Crippen molar-refractivity contribution in [3.05, 3.63) is 23.4 Å². The van der Waals surface area contributed by atoms with Gasteiger partial charge in [0.2, 0.25) is 0 Å². The van der Waals surface area contributed by atoms with Crippen LogP contribution < -0.4 is 4.90 Å². The molecule has 1 aromatic heterocycles. The highest BCUT2D eigenvalue weighted by atomic mass is 16.4. The Morgan fingerprint density at radius 2 is 1.89 bits per heavy atom. The van der Waals surface area contributed by atoms with Crippen molar-refractivity contribution in [3.8, 4) is 0 Å². The molecule has 4 nitrogen and oxygen atoms in total. The molecule has 0 saturated carbocycles. The molecule has 2 rings (SSSR count). The Morgan fingerprint density at radius 1 is 1.28 bits per heavy atom. The molecule has 1 aromatic rings. The minimum atomic E-state index is -0.886. The van der Waals surface area contributed by atoms with Crippen LogP contribution in [0.5, 0.6) is 0 Å². The van der Waals surface area contributed by atoms with Crippen molar-refractivity contribution in [2.45, 2.75) is 39.0 Å². The molecule has 18 heavy (non-hydrogen) atoms. The third-order valence-corrected chi connectivity index (χ3v) is 3.26. The lowest BCUT2D eigenvalue weighted by atomic mass is 9.90. The van der Waals surface area contributed by atoms with Crippen LogP contribution >= 0.6 is 0 Å². The molecular formula is C14H20N2O2. The molecule has 0 atom stereocenters. The molecule has 2 heterocycles. The highest BCUT2D eigenvalue weighted by molar-refractivity contribution is 5.88. The van der Waals surface area contributed by atoms with E-state index < -0.39 is 5.97 Å². The summed E-state index contributed by atoms with van der Waals surface area (Å²) in [6.07, 6.45) is 2.31. The van der Waals surface area contributed by atoms with E-state index in [0.717, 1.165) is 37.4 Å². The summed E-state index contributed by atoms with van der Waals surface area (Å²) >= 11 is 0. The summed E-state index contributed by atoms with van der Waals surface area (Å²) in [6, 6.07) is 3.37. The van der Waals surface area contributed by atoms with Crippen LogP contribution in [0, 0.1) is 0 Å². The summed E-state index contributed by atoms with van der Waals surface area (Å²) in [5.41, 5.74) is 1.03. The summed E-state index contributed by atoms with van der Waals surface area (Å²) in [4.78, 5) is 18.0. The lowest BCUT2D eigenvalue weighted by molar-refractivity contribution is 0.0696. The van der Waals surface area contributed by atoms with Crippen molar-refractivity contribution in [1.29, 1.82) is 0 Å². The number of hydrogen-bond donors (Lipinski definition) is 1. The van der Waals surface area contributed by atoms with E-state index in [1.165, 1.54) is 0 Å². The Bertz CT molecular complexity index is 457. The van der Waals surface area contributed by atoms with E-state index >= 15 is 0 Å². The lowest BCUT2D eigenvalue weighted by Gasteiger charge is -2.23. The Kier molecular flexibility index (Phi) is 3.28. The SMILES string of the molecule is CC(C)(C)c1cc(C(=O)O)cc(N2CCCC2)n1. The molecule has 0 amide bonds. The van der Waals surface area contributed by atoms with Gasteiger partial charge >= 0.3 is 5.97 Å². The van der Waals surface area contributed by atoms with Gasteiger partial charge in [0.25, 0.3) is 0 Å². The first-order valence-electron chi connectivity index (χ1n) is 6.39. The number of carboxylic acids is 1. The van der Waals surface area contributed by atoms with Gasteiger partial charge in [-0.3, -0.25) is 0 Å². The van der Waals surface area contributed by atoms with E-state index in [-0.39, 0.29) is 5.41 Å². The second-order valence-corrected chi connectivity index (χ2v) is 5.85. The van der Waals surface area contributed by atoms with Gasteiger partial charge < -0.3 is 10.0 Å². The zero-order valence-corrected chi connectivity index (χ0v) is 11.2. The maximum Gasteiger partial charge on any atom is 0.335 e. The number of carboxylic acid groups (broad SMARTS) is 1. The molecule has 1 N–H and O–H groups in total. The van der Waals surface area contributed by atoms with E-state index in [9.17, 15) is 9.90 Å². The molecular weight excluding hydrogens is 228 g/mol. The van der Waals surface area contributed by atoms with Crippen LogP contribution in [0.25, 0.3) is 0 Å². The van der Waals surface area contributed by atoms with Crippen molar-refractivity contribution in [2.75, 3.05) is 18.0 Å². The zero-order valence-electron chi connectivity index (χ0n) is 11.2. The van der Waals surface area contributed by atoms with Gasteiger partial charge in [0.05, 0.1) is 5.56 Å². The van der Waals surface area contributed by atoms with Gasteiger partial charge in [-0.1, -0.05) is 20.8 Å². The number of pyridine rings is 1. The largest absolute Gasteiger partial charge is 0.478 e. The second kappa shape index (κ2) is 4.59. The van der Waals surface area contributed by atoms with Crippen molar-refractivity contribution in [1.82, 2.24) is 4.98 Å². The molecule has 0 unspecified atom stereocenters. The quantitative estimate of drug-likeness (QED) is 0.874. The molecule has 0 spiro atoms. The summed E-state index contributed by atoms with van der Waals surface area (Å²) in [7, 11) is 0. The topological polar surface area (TPSA) is 53.4 Å². The highest BCUT2D eigenvalue weighted by Gasteiger charge is 2.22. The minimum Gasteiger partial charge on any atom is -0.478 e. The first-order chi connectivity index (χ1) is 8.38. The maximum absolute atomic E-state index is 11.2.